The summed E-state index contributed by atoms with van der Waals surface area (Å²) in [4.78, 5) is 2.03. The van der Waals surface area contributed by atoms with E-state index in [4.69, 9.17) is 9.84 Å². The molecule has 0 heterocycles. The Kier molecular flexibility index (Phi) is 3.77. The summed E-state index contributed by atoms with van der Waals surface area (Å²) in [5, 5.41) is 8.90. The lowest BCUT2D eigenvalue weighted by Gasteiger charge is -2.15. The van der Waals surface area contributed by atoms with E-state index in [9.17, 15) is 0 Å². The molecule has 1 aromatic carbocycles. The third-order valence-corrected chi connectivity index (χ3v) is 2.16. The number of anilines is 1. The molecular formula is C11H17NO2. The molecule has 0 radical (unpaired) electrons. The van der Waals surface area contributed by atoms with Crippen molar-refractivity contribution in [2.45, 2.75) is 6.42 Å². The van der Waals surface area contributed by atoms with Crippen LogP contribution in [0.15, 0.2) is 18.2 Å². The maximum Gasteiger partial charge on any atom is 0.122 e. The number of aliphatic hydroxyl groups is 1. The van der Waals surface area contributed by atoms with Gasteiger partial charge in [-0.05, 0) is 30.2 Å². The first-order chi connectivity index (χ1) is 6.69. The average molecular weight is 195 g/mol. The number of aliphatic hydroxyl groups excluding tert-OH is 1. The topological polar surface area (TPSA) is 32.7 Å². The van der Waals surface area contributed by atoms with E-state index in [-0.39, 0.29) is 6.61 Å². The van der Waals surface area contributed by atoms with Gasteiger partial charge >= 0.3 is 0 Å². The normalized spacial score (nSPS) is 10.0. The van der Waals surface area contributed by atoms with Crippen molar-refractivity contribution in [1.29, 1.82) is 0 Å². The zero-order chi connectivity index (χ0) is 10.6. The molecule has 0 fully saturated rings. The zero-order valence-corrected chi connectivity index (χ0v) is 8.95. The molecule has 0 saturated heterocycles. The molecule has 3 nitrogen and oxygen atoms in total. The van der Waals surface area contributed by atoms with Crippen molar-refractivity contribution in [3.05, 3.63) is 23.8 Å². The molecule has 0 amide bonds. The molecule has 0 saturated carbocycles. The molecule has 3 heteroatoms. The van der Waals surface area contributed by atoms with Crippen LogP contribution in [-0.2, 0) is 6.42 Å². The third kappa shape index (κ3) is 2.39. The number of methoxy groups -OCH3 is 1. The third-order valence-electron chi connectivity index (χ3n) is 2.16. The van der Waals surface area contributed by atoms with E-state index < -0.39 is 0 Å². The lowest BCUT2D eigenvalue weighted by atomic mass is 10.1. The number of hydrogen-bond acceptors (Lipinski definition) is 3. The molecule has 0 aliphatic carbocycles. The summed E-state index contributed by atoms with van der Waals surface area (Å²) in [7, 11) is 5.63. The van der Waals surface area contributed by atoms with Crippen molar-refractivity contribution >= 4 is 5.69 Å². The van der Waals surface area contributed by atoms with Gasteiger partial charge in [-0.15, -0.1) is 0 Å². The quantitative estimate of drug-likeness (QED) is 0.786. The Morgan fingerprint density at radius 1 is 1.36 bits per heavy atom. The van der Waals surface area contributed by atoms with E-state index in [1.807, 2.05) is 37.2 Å². The summed E-state index contributed by atoms with van der Waals surface area (Å²) >= 11 is 0. The summed E-state index contributed by atoms with van der Waals surface area (Å²) in [6.07, 6.45) is 0.630. The number of ether oxygens (including phenoxy) is 1. The fraction of sp³-hybridized carbons (Fsp3) is 0.455. The molecule has 0 aliphatic heterocycles. The summed E-state index contributed by atoms with van der Waals surface area (Å²) in [6, 6.07) is 5.97. The van der Waals surface area contributed by atoms with Gasteiger partial charge in [0.2, 0.25) is 0 Å². The van der Waals surface area contributed by atoms with Crippen molar-refractivity contribution in [3.8, 4) is 5.75 Å². The second-order valence-corrected chi connectivity index (χ2v) is 3.36. The molecule has 0 spiro atoms. The van der Waals surface area contributed by atoms with Crippen molar-refractivity contribution in [2.24, 2.45) is 0 Å². The largest absolute Gasteiger partial charge is 0.496 e. The first kappa shape index (κ1) is 10.9. The fourth-order valence-electron chi connectivity index (χ4n) is 1.36. The summed E-state index contributed by atoms with van der Waals surface area (Å²) < 4.78 is 5.20. The van der Waals surface area contributed by atoms with E-state index in [1.54, 1.807) is 7.11 Å². The van der Waals surface area contributed by atoms with Crippen LogP contribution < -0.4 is 9.64 Å². The van der Waals surface area contributed by atoms with Gasteiger partial charge in [-0.1, -0.05) is 0 Å². The van der Waals surface area contributed by atoms with E-state index >= 15 is 0 Å². The minimum Gasteiger partial charge on any atom is -0.496 e. The van der Waals surface area contributed by atoms with Crippen LogP contribution in [0.2, 0.25) is 0 Å². The van der Waals surface area contributed by atoms with Crippen LogP contribution in [0, 0.1) is 0 Å². The highest BCUT2D eigenvalue weighted by Crippen LogP contribution is 2.24. The van der Waals surface area contributed by atoms with Gasteiger partial charge in [0.05, 0.1) is 7.11 Å². The monoisotopic (exact) mass is 195 g/mol. The maximum atomic E-state index is 8.90. The second-order valence-electron chi connectivity index (χ2n) is 3.36. The van der Waals surface area contributed by atoms with Crippen LogP contribution >= 0.6 is 0 Å². The van der Waals surface area contributed by atoms with Gasteiger partial charge in [0.1, 0.15) is 5.75 Å². The molecule has 0 aliphatic rings. The van der Waals surface area contributed by atoms with Crippen molar-refractivity contribution in [3.63, 3.8) is 0 Å². The van der Waals surface area contributed by atoms with Crippen LogP contribution in [0.5, 0.6) is 5.75 Å². The number of nitrogens with zero attached hydrogens (tertiary/aromatic N) is 1. The van der Waals surface area contributed by atoms with Crippen molar-refractivity contribution in [2.75, 3.05) is 32.7 Å². The lowest BCUT2D eigenvalue weighted by Crippen LogP contribution is -2.09. The molecule has 1 N–H and O–H groups in total. The second kappa shape index (κ2) is 4.86. The Morgan fingerprint density at radius 3 is 2.57 bits per heavy atom. The van der Waals surface area contributed by atoms with Gasteiger partial charge in [-0.25, -0.2) is 0 Å². The number of rotatable bonds is 4. The Morgan fingerprint density at radius 2 is 2.07 bits per heavy atom. The summed E-state index contributed by atoms with van der Waals surface area (Å²) in [6.45, 7) is 0.146. The summed E-state index contributed by atoms with van der Waals surface area (Å²) in [5.74, 6) is 0.838. The molecule has 1 rings (SSSR count). The fourth-order valence-corrected chi connectivity index (χ4v) is 1.36. The lowest BCUT2D eigenvalue weighted by molar-refractivity contribution is 0.296. The van der Waals surface area contributed by atoms with Crippen LogP contribution in [-0.4, -0.2) is 32.9 Å². The smallest absolute Gasteiger partial charge is 0.122 e. The van der Waals surface area contributed by atoms with Gasteiger partial charge in [0, 0.05) is 26.4 Å². The van der Waals surface area contributed by atoms with Crippen LogP contribution in [0.3, 0.4) is 0 Å². The van der Waals surface area contributed by atoms with Crippen LogP contribution in [0.1, 0.15) is 5.56 Å². The average Bonchev–Trinajstić information content (AvgIpc) is 2.18. The summed E-state index contributed by atoms with van der Waals surface area (Å²) in [5.41, 5.74) is 2.16. The zero-order valence-electron chi connectivity index (χ0n) is 8.95. The van der Waals surface area contributed by atoms with E-state index in [0.717, 1.165) is 17.0 Å². The number of benzene rings is 1. The molecule has 0 unspecified atom stereocenters. The van der Waals surface area contributed by atoms with Crippen molar-refractivity contribution < 1.29 is 9.84 Å². The molecule has 0 aromatic heterocycles. The Bertz CT molecular complexity index is 297. The van der Waals surface area contributed by atoms with Gasteiger partial charge in [0.15, 0.2) is 0 Å². The van der Waals surface area contributed by atoms with Crippen LogP contribution in [0.25, 0.3) is 0 Å². The van der Waals surface area contributed by atoms with E-state index in [2.05, 4.69) is 0 Å². The minimum absolute atomic E-state index is 0.146. The van der Waals surface area contributed by atoms with E-state index in [0.29, 0.717) is 6.42 Å². The molecule has 78 valence electrons. The predicted molar refractivity (Wildman–Crippen MR) is 58.1 cm³/mol. The highest BCUT2D eigenvalue weighted by Gasteiger charge is 2.04. The highest BCUT2D eigenvalue weighted by atomic mass is 16.5. The van der Waals surface area contributed by atoms with Gasteiger partial charge in [0.25, 0.3) is 0 Å². The molecular weight excluding hydrogens is 178 g/mol. The molecule has 14 heavy (non-hydrogen) atoms. The van der Waals surface area contributed by atoms with E-state index in [1.165, 1.54) is 0 Å². The van der Waals surface area contributed by atoms with Gasteiger partial charge in [-0.3, -0.25) is 0 Å². The Balaban J connectivity index is 3.01. The van der Waals surface area contributed by atoms with Gasteiger partial charge < -0.3 is 14.7 Å². The SMILES string of the molecule is COc1ccc(N(C)C)cc1CCO. The number of hydrogen-bond donors (Lipinski definition) is 1. The molecule has 0 atom stereocenters. The van der Waals surface area contributed by atoms with Gasteiger partial charge in [-0.2, -0.15) is 0 Å². The molecule has 0 bridgehead atoms. The minimum atomic E-state index is 0.146. The highest BCUT2D eigenvalue weighted by molar-refractivity contribution is 5.52. The predicted octanol–water partition coefficient (Wildman–Crippen LogP) is 1.30. The Hall–Kier alpha value is -1.22. The Labute approximate surface area is 84.9 Å². The first-order valence-corrected chi connectivity index (χ1v) is 4.64. The molecule has 1 aromatic rings. The van der Waals surface area contributed by atoms with Crippen molar-refractivity contribution in [1.82, 2.24) is 0 Å². The first-order valence-electron chi connectivity index (χ1n) is 4.64. The maximum absolute atomic E-state index is 8.90. The van der Waals surface area contributed by atoms with Crippen LogP contribution in [0.4, 0.5) is 5.69 Å². The standard InChI is InChI=1S/C11H17NO2/c1-12(2)10-4-5-11(14-3)9(8-10)6-7-13/h4-5,8,13H,6-7H2,1-3H3.